The minimum Gasteiger partial charge on any atom is -0.308 e. The number of pyridine rings is 1. The molecule has 156 valence electrons. The summed E-state index contributed by atoms with van der Waals surface area (Å²) in [5, 5.41) is 6.48. The molecule has 7 nitrogen and oxygen atoms in total. The van der Waals surface area contributed by atoms with Gasteiger partial charge in [-0.05, 0) is 43.2 Å². The molecule has 0 spiro atoms. The Morgan fingerprint density at radius 1 is 0.903 bits per heavy atom. The van der Waals surface area contributed by atoms with Gasteiger partial charge in [0.1, 0.15) is 0 Å². The van der Waals surface area contributed by atoms with E-state index in [1.54, 1.807) is 30.5 Å². The highest BCUT2D eigenvalue weighted by molar-refractivity contribution is 6.22. The summed E-state index contributed by atoms with van der Waals surface area (Å²) in [5.41, 5.74) is 2.49. The van der Waals surface area contributed by atoms with Crippen LogP contribution in [-0.2, 0) is 0 Å². The summed E-state index contributed by atoms with van der Waals surface area (Å²) in [4.78, 5) is 44.1. The van der Waals surface area contributed by atoms with Crippen molar-refractivity contribution in [2.75, 3.05) is 10.6 Å². The van der Waals surface area contributed by atoms with E-state index in [1.165, 1.54) is 4.90 Å². The van der Waals surface area contributed by atoms with Gasteiger partial charge in [-0.2, -0.15) is 0 Å². The van der Waals surface area contributed by atoms with Gasteiger partial charge in [0.05, 0.1) is 22.3 Å². The highest BCUT2D eigenvalue weighted by Crippen LogP contribution is 2.32. The monoisotopic (exact) mass is 414 g/mol. The molecule has 4 amide bonds. The van der Waals surface area contributed by atoms with Crippen LogP contribution in [0.1, 0.15) is 52.8 Å². The first kappa shape index (κ1) is 19.2. The van der Waals surface area contributed by atoms with Gasteiger partial charge in [-0.15, -0.1) is 0 Å². The second-order valence-corrected chi connectivity index (χ2v) is 7.99. The van der Waals surface area contributed by atoms with Gasteiger partial charge in [-0.3, -0.25) is 19.5 Å². The third-order valence-electron chi connectivity index (χ3n) is 6.00. The fourth-order valence-electron chi connectivity index (χ4n) is 4.50. The molecule has 0 atom stereocenters. The zero-order valence-corrected chi connectivity index (χ0v) is 16.9. The van der Waals surface area contributed by atoms with E-state index < -0.39 is 6.03 Å². The van der Waals surface area contributed by atoms with E-state index in [0.717, 1.165) is 37.5 Å². The summed E-state index contributed by atoms with van der Waals surface area (Å²) in [6, 6.07) is 13.7. The van der Waals surface area contributed by atoms with Crippen LogP contribution < -0.4 is 10.6 Å². The molecule has 31 heavy (non-hydrogen) atoms. The molecule has 0 radical (unpaired) electrons. The number of anilines is 2. The molecule has 7 heteroatoms. The average molecular weight is 414 g/mol. The van der Waals surface area contributed by atoms with Gasteiger partial charge in [0.15, 0.2) is 0 Å². The van der Waals surface area contributed by atoms with Gasteiger partial charge in [-0.25, -0.2) is 4.79 Å². The van der Waals surface area contributed by atoms with Crippen molar-refractivity contribution in [1.82, 2.24) is 9.88 Å². The van der Waals surface area contributed by atoms with Gasteiger partial charge in [0.25, 0.3) is 11.8 Å². The number of para-hydroxylation sites is 1. The smallest absolute Gasteiger partial charge is 0.308 e. The maximum atomic E-state index is 13.0. The van der Waals surface area contributed by atoms with Crippen LogP contribution in [0.15, 0.2) is 54.7 Å². The quantitative estimate of drug-likeness (QED) is 0.602. The molecule has 1 aliphatic heterocycles. The van der Waals surface area contributed by atoms with Crippen molar-refractivity contribution < 1.29 is 14.4 Å². The number of amides is 4. The van der Waals surface area contributed by atoms with Crippen molar-refractivity contribution >= 4 is 40.1 Å². The number of rotatable bonds is 3. The minimum atomic E-state index is -0.445. The van der Waals surface area contributed by atoms with E-state index in [2.05, 4.69) is 15.6 Å². The predicted molar refractivity (Wildman–Crippen MR) is 118 cm³/mol. The van der Waals surface area contributed by atoms with Gasteiger partial charge < -0.3 is 10.6 Å². The summed E-state index contributed by atoms with van der Waals surface area (Å²) in [7, 11) is 0. The number of fused-ring (bicyclic) bond motifs is 2. The van der Waals surface area contributed by atoms with Crippen LogP contribution in [0, 0.1) is 0 Å². The fraction of sp³-hybridized carbons (Fsp3) is 0.250. The van der Waals surface area contributed by atoms with E-state index in [4.69, 9.17) is 0 Å². The van der Waals surface area contributed by atoms with Gasteiger partial charge >= 0.3 is 6.03 Å². The third-order valence-corrected chi connectivity index (χ3v) is 6.00. The third kappa shape index (κ3) is 3.52. The molecular formula is C24H22N4O3. The lowest BCUT2D eigenvalue weighted by molar-refractivity contribution is 0.0549. The van der Waals surface area contributed by atoms with Crippen molar-refractivity contribution in [3.8, 4) is 0 Å². The van der Waals surface area contributed by atoms with E-state index in [-0.39, 0.29) is 17.9 Å². The second-order valence-electron chi connectivity index (χ2n) is 7.99. The number of hydrogen-bond acceptors (Lipinski definition) is 4. The lowest BCUT2D eigenvalue weighted by Crippen LogP contribution is -2.40. The van der Waals surface area contributed by atoms with Crippen molar-refractivity contribution in [1.29, 1.82) is 0 Å². The molecule has 0 unspecified atom stereocenters. The van der Waals surface area contributed by atoms with E-state index in [1.807, 2.05) is 24.3 Å². The topological polar surface area (TPSA) is 91.4 Å². The van der Waals surface area contributed by atoms with Crippen molar-refractivity contribution in [2.45, 2.75) is 38.1 Å². The van der Waals surface area contributed by atoms with Crippen LogP contribution in [-0.4, -0.2) is 33.8 Å². The number of benzene rings is 2. The molecule has 1 saturated carbocycles. The van der Waals surface area contributed by atoms with E-state index in [0.29, 0.717) is 28.0 Å². The summed E-state index contributed by atoms with van der Waals surface area (Å²) in [5.74, 6) is -0.501. The van der Waals surface area contributed by atoms with E-state index >= 15 is 0 Å². The molecule has 0 bridgehead atoms. The number of imide groups is 1. The maximum absolute atomic E-state index is 13.0. The highest BCUT2D eigenvalue weighted by Gasteiger charge is 2.40. The Morgan fingerprint density at radius 3 is 2.52 bits per heavy atom. The number of carbonyl (C=O) groups is 3. The molecule has 1 aliphatic carbocycles. The number of urea groups is 1. The van der Waals surface area contributed by atoms with Gasteiger partial charge in [0.2, 0.25) is 0 Å². The average Bonchev–Trinajstić information content (AvgIpc) is 3.04. The van der Waals surface area contributed by atoms with Crippen molar-refractivity contribution in [2.24, 2.45) is 0 Å². The van der Waals surface area contributed by atoms with Crippen molar-refractivity contribution in [3.63, 3.8) is 0 Å². The van der Waals surface area contributed by atoms with Gasteiger partial charge in [-0.1, -0.05) is 37.5 Å². The Bertz CT molecular complexity index is 1200. The summed E-state index contributed by atoms with van der Waals surface area (Å²) in [6.45, 7) is 0. The summed E-state index contributed by atoms with van der Waals surface area (Å²) in [6.07, 6.45) is 6.61. The number of nitrogens with zero attached hydrogens (tertiary/aromatic N) is 2. The first-order valence-corrected chi connectivity index (χ1v) is 10.6. The standard InChI is InChI=1S/C24H22N4O3/c29-22-18-12-11-16(14-19(18)23(30)28(22)17-8-2-1-3-9-17)26-24(31)27-20-10-4-6-15-7-5-13-25-21(15)20/h4-7,10-14,17H,1-3,8-9H2,(H2,26,27,31). The second kappa shape index (κ2) is 7.83. The fourth-order valence-corrected chi connectivity index (χ4v) is 4.50. The van der Waals surface area contributed by atoms with Crippen molar-refractivity contribution in [3.05, 3.63) is 65.9 Å². The molecule has 2 N–H and O–H groups in total. The lowest BCUT2D eigenvalue weighted by atomic mass is 9.94. The maximum Gasteiger partial charge on any atom is 0.323 e. The first-order chi connectivity index (χ1) is 15.1. The normalized spacial score (nSPS) is 16.5. The summed E-state index contributed by atoms with van der Waals surface area (Å²) >= 11 is 0. The van der Waals surface area contributed by atoms with Crippen LogP contribution in [0.2, 0.25) is 0 Å². The Labute approximate surface area is 179 Å². The SMILES string of the molecule is O=C(Nc1ccc2c(c1)C(=O)N(C1CCCCC1)C2=O)Nc1cccc2cccnc12. The molecule has 1 fully saturated rings. The predicted octanol–water partition coefficient (Wildman–Crippen LogP) is 4.81. The van der Waals surface area contributed by atoms with Gasteiger partial charge in [0, 0.05) is 23.3 Å². The molecule has 1 aromatic heterocycles. The number of nitrogens with one attached hydrogen (secondary N) is 2. The molecule has 2 aromatic carbocycles. The van der Waals surface area contributed by atoms with Crippen LogP contribution in [0.25, 0.3) is 10.9 Å². The zero-order valence-electron chi connectivity index (χ0n) is 16.9. The lowest BCUT2D eigenvalue weighted by Gasteiger charge is -2.29. The Hall–Kier alpha value is -3.74. The molecule has 5 rings (SSSR count). The highest BCUT2D eigenvalue weighted by atomic mass is 16.2. The molecule has 2 aliphatic rings. The zero-order chi connectivity index (χ0) is 21.4. The molecule has 0 saturated heterocycles. The first-order valence-electron chi connectivity index (χ1n) is 10.6. The summed E-state index contributed by atoms with van der Waals surface area (Å²) < 4.78 is 0. The number of carbonyl (C=O) groups excluding carboxylic acids is 3. The van der Waals surface area contributed by atoms with Crippen LogP contribution in [0.5, 0.6) is 0 Å². The van der Waals surface area contributed by atoms with Crippen LogP contribution >= 0.6 is 0 Å². The largest absolute Gasteiger partial charge is 0.323 e. The van der Waals surface area contributed by atoms with Crippen LogP contribution in [0.3, 0.4) is 0 Å². The number of hydrogen-bond donors (Lipinski definition) is 2. The Kier molecular flexibility index (Phi) is 4.86. The number of aromatic nitrogens is 1. The molecule has 3 aromatic rings. The van der Waals surface area contributed by atoms with Crippen LogP contribution in [0.4, 0.5) is 16.2 Å². The minimum absolute atomic E-state index is 0.0280. The Balaban J connectivity index is 1.34. The molecule has 2 heterocycles. The Morgan fingerprint density at radius 2 is 1.68 bits per heavy atom. The molecular weight excluding hydrogens is 392 g/mol. The van der Waals surface area contributed by atoms with E-state index in [9.17, 15) is 14.4 Å².